The zero-order chi connectivity index (χ0) is 13.3. The van der Waals surface area contributed by atoms with Gasteiger partial charge in [0, 0.05) is 16.6 Å². The van der Waals surface area contributed by atoms with E-state index in [1.54, 1.807) is 22.5 Å². The summed E-state index contributed by atoms with van der Waals surface area (Å²) in [6, 6.07) is 7.18. The Kier molecular flexibility index (Phi) is 4.14. The maximum absolute atomic E-state index is 12.7. The number of halogens is 1. The molecular formula is C13H18BrNO2S. The minimum Gasteiger partial charge on any atom is -0.207 e. The highest BCUT2D eigenvalue weighted by atomic mass is 79.9. The predicted molar refractivity (Wildman–Crippen MR) is 75.9 cm³/mol. The molecule has 2 rings (SSSR count). The normalized spacial score (nSPS) is 25.5. The molecule has 1 saturated heterocycles. The number of rotatable bonds is 3. The van der Waals surface area contributed by atoms with Crippen molar-refractivity contribution in [2.75, 3.05) is 0 Å². The Morgan fingerprint density at radius 3 is 2.72 bits per heavy atom. The highest BCUT2D eigenvalue weighted by Gasteiger charge is 2.38. The molecule has 0 bridgehead atoms. The molecule has 0 amide bonds. The van der Waals surface area contributed by atoms with Crippen molar-refractivity contribution < 1.29 is 8.42 Å². The van der Waals surface area contributed by atoms with Crippen LogP contribution in [0.1, 0.15) is 33.1 Å². The Balaban J connectivity index is 2.42. The highest BCUT2D eigenvalue weighted by Crippen LogP contribution is 2.32. The van der Waals surface area contributed by atoms with Gasteiger partial charge in [-0.3, -0.25) is 0 Å². The molecule has 1 fully saturated rings. The summed E-state index contributed by atoms with van der Waals surface area (Å²) in [6.07, 6.45) is 2.79. The Hall–Kier alpha value is -0.390. The zero-order valence-electron chi connectivity index (χ0n) is 10.6. The van der Waals surface area contributed by atoms with E-state index in [2.05, 4.69) is 15.9 Å². The van der Waals surface area contributed by atoms with Gasteiger partial charge in [0.15, 0.2) is 0 Å². The minimum atomic E-state index is -3.37. The lowest BCUT2D eigenvalue weighted by molar-refractivity contribution is 0.328. The third kappa shape index (κ3) is 2.49. The summed E-state index contributed by atoms with van der Waals surface area (Å²) in [4.78, 5) is 0.379. The molecule has 100 valence electrons. The lowest BCUT2D eigenvalue weighted by atomic mass is 10.2. The molecule has 1 aromatic carbocycles. The zero-order valence-corrected chi connectivity index (χ0v) is 13.0. The largest absolute Gasteiger partial charge is 0.243 e. The van der Waals surface area contributed by atoms with E-state index in [4.69, 9.17) is 0 Å². The topological polar surface area (TPSA) is 37.4 Å². The molecule has 1 aliphatic rings. The van der Waals surface area contributed by atoms with Crippen molar-refractivity contribution in [1.82, 2.24) is 4.31 Å². The third-order valence-corrected chi connectivity index (χ3v) is 6.11. The monoisotopic (exact) mass is 331 g/mol. The third-order valence-electron chi connectivity index (χ3n) is 3.55. The summed E-state index contributed by atoms with van der Waals surface area (Å²) in [5, 5.41) is 0. The van der Waals surface area contributed by atoms with E-state index in [0.717, 1.165) is 23.7 Å². The van der Waals surface area contributed by atoms with Crippen LogP contribution in [0.15, 0.2) is 33.6 Å². The van der Waals surface area contributed by atoms with Crippen LogP contribution in [-0.4, -0.2) is 24.8 Å². The molecule has 5 heteroatoms. The van der Waals surface area contributed by atoms with Gasteiger partial charge in [0.05, 0.1) is 4.90 Å². The first-order chi connectivity index (χ1) is 8.46. The van der Waals surface area contributed by atoms with Gasteiger partial charge in [-0.1, -0.05) is 28.9 Å². The number of sulfonamides is 1. The van der Waals surface area contributed by atoms with E-state index in [1.165, 1.54) is 0 Å². The van der Waals surface area contributed by atoms with E-state index < -0.39 is 10.0 Å². The van der Waals surface area contributed by atoms with Gasteiger partial charge in [0.25, 0.3) is 0 Å². The van der Waals surface area contributed by atoms with E-state index >= 15 is 0 Å². The first-order valence-corrected chi connectivity index (χ1v) is 8.49. The summed E-state index contributed by atoms with van der Waals surface area (Å²) in [5.74, 6) is 0. The van der Waals surface area contributed by atoms with Gasteiger partial charge in [-0.15, -0.1) is 0 Å². The van der Waals surface area contributed by atoms with Crippen molar-refractivity contribution in [1.29, 1.82) is 0 Å². The molecule has 2 unspecified atom stereocenters. The molecule has 0 aliphatic carbocycles. The Morgan fingerprint density at radius 2 is 2.11 bits per heavy atom. The van der Waals surface area contributed by atoms with Gasteiger partial charge in [-0.2, -0.15) is 4.31 Å². The predicted octanol–water partition coefficient (Wildman–Crippen LogP) is 3.40. The maximum Gasteiger partial charge on any atom is 0.243 e. The highest BCUT2D eigenvalue weighted by molar-refractivity contribution is 9.10. The van der Waals surface area contributed by atoms with Gasteiger partial charge >= 0.3 is 0 Å². The van der Waals surface area contributed by atoms with Gasteiger partial charge < -0.3 is 0 Å². The van der Waals surface area contributed by atoms with Crippen LogP contribution in [0.3, 0.4) is 0 Å². The van der Waals surface area contributed by atoms with Crippen LogP contribution in [0.5, 0.6) is 0 Å². The second-order valence-electron chi connectivity index (χ2n) is 4.78. The molecule has 3 nitrogen and oxygen atoms in total. The van der Waals surface area contributed by atoms with Crippen LogP contribution in [-0.2, 0) is 10.0 Å². The average molecular weight is 332 g/mol. The molecule has 1 aromatic rings. The first-order valence-electron chi connectivity index (χ1n) is 6.26. The van der Waals surface area contributed by atoms with Gasteiger partial charge in [0.2, 0.25) is 10.0 Å². The molecule has 1 heterocycles. The molecule has 2 atom stereocenters. The summed E-state index contributed by atoms with van der Waals surface area (Å²) in [7, 11) is -3.37. The van der Waals surface area contributed by atoms with Crippen molar-refractivity contribution in [3.8, 4) is 0 Å². The van der Waals surface area contributed by atoms with Crippen LogP contribution in [0.4, 0.5) is 0 Å². The summed E-state index contributed by atoms with van der Waals surface area (Å²) < 4.78 is 27.8. The fraction of sp³-hybridized carbons (Fsp3) is 0.538. The lowest BCUT2D eigenvalue weighted by Gasteiger charge is -2.27. The Labute approximate surface area is 117 Å². The quantitative estimate of drug-likeness (QED) is 0.851. The Bertz CT molecular complexity index is 530. The number of benzene rings is 1. The fourth-order valence-electron chi connectivity index (χ4n) is 2.61. The van der Waals surface area contributed by atoms with Crippen molar-refractivity contribution in [3.63, 3.8) is 0 Å². The van der Waals surface area contributed by atoms with Crippen LogP contribution in [0.25, 0.3) is 0 Å². The van der Waals surface area contributed by atoms with E-state index in [9.17, 15) is 8.42 Å². The minimum absolute atomic E-state index is 0.0962. The summed E-state index contributed by atoms with van der Waals surface area (Å²) >= 11 is 3.33. The van der Waals surface area contributed by atoms with Crippen molar-refractivity contribution in [3.05, 3.63) is 28.7 Å². The van der Waals surface area contributed by atoms with Crippen molar-refractivity contribution in [2.45, 2.75) is 50.1 Å². The molecule has 0 spiro atoms. The van der Waals surface area contributed by atoms with Crippen LogP contribution in [0, 0.1) is 0 Å². The average Bonchev–Trinajstić information content (AvgIpc) is 2.71. The van der Waals surface area contributed by atoms with Gasteiger partial charge in [-0.25, -0.2) is 8.42 Å². The second kappa shape index (κ2) is 5.31. The van der Waals surface area contributed by atoms with Crippen LogP contribution >= 0.6 is 15.9 Å². The van der Waals surface area contributed by atoms with Gasteiger partial charge in [0.1, 0.15) is 0 Å². The van der Waals surface area contributed by atoms with E-state index in [-0.39, 0.29) is 12.1 Å². The summed E-state index contributed by atoms with van der Waals surface area (Å²) in [5.41, 5.74) is 0. The van der Waals surface area contributed by atoms with Crippen molar-refractivity contribution in [2.24, 2.45) is 0 Å². The van der Waals surface area contributed by atoms with Gasteiger partial charge in [-0.05, 0) is 44.4 Å². The molecular weight excluding hydrogens is 314 g/mol. The molecule has 0 radical (unpaired) electrons. The fourth-order valence-corrected chi connectivity index (χ4v) is 5.16. The molecule has 1 aliphatic heterocycles. The van der Waals surface area contributed by atoms with Crippen LogP contribution < -0.4 is 0 Å². The number of hydrogen-bond donors (Lipinski definition) is 0. The van der Waals surface area contributed by atoms with E-state index in [1.807, 2.05) is 19.9 Å². The molecule has 0 N–H and O–H groups in total. The standard InChI is InChI=1S/C13H18BrNO2S/c1-3-12-8-7-10(2)15(12)18(16,17)13-6-4-5-11(14)9-13/h4-6,9-10,12H,3,7-8H2,1-2H3. The first kappa shape index (κ1) is 14.0. The number of nitrogens with zero attached hydrogens (tertiary/aromatic N) is 1. The maximum atomic E-state index is 12.7. The Morgan fingerprint density at radius 1 is 1.39 bits per heavy atom. The van der Waals surface area contributed by atoms with Crippen molar-refractivity contribution >= 4 is 26.0 Å². The van der Waals surface area contributed by atoms with E-state index in [0.29, 0.717) is 4.90 Å². The molecule has 0 saturated carbocycles. The SMILES string of the molecule is CCC1CCC(C)N1S(=O)(=O)c1cccc(Br)c1. The summed E-state index contributed by atoms with van der Waals surface area (Å²) in [6.45, 7) is 4.04. The lowest BCUT2D eigenvalue weighted by Crippen LogP contribution is -2.39. The molecule has 18 heavy (non-hydrogen) atoms. The molecule has 0 aromatic heterocycles. The smallest absolute Gasteiger partial charge is 0.207 e. The number of hydrogen-bond acceptors (Lipinski definition) is 2. The second-order valence-corrected chi connectivity index (χ2v) is 7.54. The van der Waals surface area contributed by atoms with Crippen LogP contribution in [0.2, 0.25) is 0 Å².